The van der Waals surface area contributed by atoms with Gasteiger partial charge in [0.25, 0.3) is 0 Å². The molecule has 6 heteroatoms. The van der Waals surface area contributed by atoms with Gasteiger partial charge in [0.15, 0.2) is 17.3 Å². The summed E-state index contributed by atoms with van der Waals surface area (Å²) >= 11 is 0. The van der Waals surface area contributed by atoms with Crippen LogP contribution in [0, 0.1) is 5.82 Å². The summed E-state index contributed by atoms with van der Waals surface area (Å²) in [4.78, 5) is 12.2. The minimum absolute atomic E-state index is 0.174. The van der Waals surface area contributed by atoms with E-state index in [1.807, 2.05) is 0 Å². The second-order valence-corrected chi connectivity index (χ2v) is 4.58. The number of hydrogen-bond acceptors (Lipinski definition) is 4. The van der Waals surface area contributed by atoms with Crippen molar-refractivity contribution in [1.29, 1.82) is 0 Å². The van der Waals surface area contributed by atoms with Gasteiger partial charge in [0, 0.05) is 25.2 Å². The number of ketones is 1. The van der Waals surface area contributed by atoms with Crippen molar-refractivity contribution in [3.8, 4) is 5.75 Å². The highest BCUT2D eigenvalue weighted by atomic mass is 19.1. The van der Waals surface area contributed by atoms with Gasteiger partial charge in [-0.1, -0.05) is 5.22 Å². The lowest BCUT2D eigenvalue weighted by Crippen LogP contribution is -2.01. The quantitative estimate of drug-likeness (QED) is 0.533. The van der Waals surface area contributed by atoms with Crippen molar-refractivity contribution in [1.82, 2.24) is 5.01 Å². The Labute approximate surface area is 121 Å². The fourth-order valence-corrected chi connectivity index (χ4v) is 1.64. The molecule has 0 bridgehead atoms. The van der Waals surface area contributed by atoms with Crippen molar-refractivity contribution in [2.75, 3.05) is 14.1 Å². The molecule has 0 atom stereocenters. The molecular formula is C15H14FN3O2. The maximum absolute atomic E-state index is 13.3. The predicted octanol–water partition coefficient (Wildman–Crippen LogP) is 3.32. The average Bonchev–Trinajstić information content (AvgIpc) is 2.48. The molecule has 5 nitrogen and oxygen atoms in total. The van der Waals surface area contributed by atoms with E-state index in [1.54, 1.807) is 43.4 Å². The molecule has 0 radical (unpaired) electrons. The highest BCUT2D eigenvalue weighted by Crippen LogP contribution is 2.20. The summed E-state index contributed by atoms with van der Waals surface area (Å²) in [6, 6.07) is 10.0. The van der Waals surface area contributed by atoms with Crippen LogP contribution < -0.4 is 0 Å². The zero-order chi connectivity index (χ0) is 15.4. The van der Waals surface area contributed by atoms with Crippen LogP contribution in [-0.2, 0) is 0 Å². The van der Waals surface area contributed by atoms with E-state index in [-0.39, 0.29) is 11.3 Å². The summed E-state index contributed by atoms with van der Waals surface area (Å²) in [5, 5.41) is 18.5. The van der Waals surface area contributed by atoms with Gasteiger partial charge in [0.05, 0.1) is 5.69 Å². The third kappa shape index (κ3) is 3.62. The topological polar surface area (TPSA) is 65.3 Å². The summed E-state index contributed by atoms with van der Waals surface area (Å²) < 4.78 is 13.3. The Morgan fingerprint density at radius 2 is 1.71 bits per heavy atom. The highest BCUT2D eigenvalue weighted by Gasteiger charge is 2.11. The number of phenolic OH excluding ortho intramolecular Hbond substituents is 1. The Morgan fingerprint density at radius 1 is 1.10 bits per heavy atom. The van der Waals surface area contributed by atoms with Crippen LogP contribution in [0.15, 0.2) is 52.8 Å². The molecule has 2 rings (SSSR count). The number of halogens is 1. The van der Waals surface area contributed by atoms with E-state index in [9.17, 15) is 9.18 Å². The average molecular weight is 287 g/mol. The highest BCUT2D eigenvalue weighted by molar-refractivity contribution is 6.09. The van der Waals surface area contributed by atoms with E-state index < -0.39 is 11.6 Å². The first-order valence-corrected chi connectivity index (χ1v) is 6.19. The van der Waals surface area contributed by atoms with Gasteiger partial charge >= 0.3 is 0 Å². The molecule has 0 spiro atoms. The SMILES string of the molecule is CN(C)N=Nc1ccc(C(=O)c2ccc(O)c(F)c2)cc1. The molecule has 0 saturated carbocycles. The van der Waals surface area contributed by atoms with Crippen LogP contribution >= 0.6 is 0 Å². The number of benzene rings is 2. The fraction of sp³-hybridized carbons (Fsp3) is 0.133. The molecule has 0 saturated heterocycles. The van der Waals surface area contributed by atoms with Gasteiger partial charge in [-0.3, -0.25) is 9.80 Å². The van der Waals surface area contributed by atoms with Crippen molar-refractivity contribution in [2.45, 2.75) is 0 Å². The minimum Gasteiger partial charge on any atom is -0.505 e. The number of rotatable bonds is 4. The molecule has 0 aliphatic heterocycles. The largest absolute Gasteiger partial charge is 0.505 e. The van der Waals surface area contributed by atoms with Crippen molar-refractivity contribution in [2.24, 2.45) is 10.3 Å². The summed E-state index contributed by atoms with van der Waals surface area (Å²) in [5.74, 6) is -1.63. The maximum Gasteiger partial charge on any atom is 0.193 e. The molecule has 0 unspecified atom stereocenters. The van der Waals surface area contributed by atoms with Crippen LogP contribution in [-0.4, -0.2) is 30.0 Å². The smallest absolute Gasteiger partial charge is 0.193 e. The lowest BCUT2D eigenvalue weighted by Gasteiger charge is -2.03. The van der Waals surface area contributed by atoms with E-state index in [0.29, 0.717) is 11.3 Å². The third-order valence-corrected chi connectivity index (χ3v) is 2.68. The monoisotopic (exact) mass is 287 g/mol. The summed E-state index contributed by atoms with van der Waals surface area (Å²) in [7, 11) is 3.50. The Kier molecular flexibility index (Phi) is 4.27. The van der Waals surface area contributed by atoms with Gasteiger partial charge in [0.2, 0.25) is 0 Å². The first kappa shape index (κ1) is 14.6. The van der Waals surface area contributed by atoms with Crippen LogP contribution in [0.3, 0.4) is 0 Å². The minimum atomic E-state index is -0.822. The van der Waals surface area contributed by atoms with Crippen molar-refractivity contribution in [3.63, 3.8) is 0 Å². The number of carbonyl (C=O) groups excluding carboxylic acids is 1. The van der Waals surface area contributed by atoms with Gasteiger partial charge in [-0.15, -0.1) is 5.11 Å². The van der Waals surface area contributed by atoms with E-state index >= 15 is 0 Å². The van der Waals surface area contributed by atoms with Gasteiger partial charge in [-0.05, 0) is 42.5 Å². The Bertz CT molecular complexity index is 682. The number of phenols is 1. The molecule has 108 valence electrons. The normalized spacial score (nSPS) is 10.8. The number of aromatic hydroxyl groups is 1. The lowest BCUT2D eigenvalue weighted by molar-refractivity contribution is 0.103. The number of carbonyl (C=O) groups is 1. The van der Waals surface area contributed by atoms with Gasteiger partial charge in [0.1, 0.15) is 0 Å². The van der Waals surface area contributed by atoms with Gasteiger partial charge < -0.3 is 5.11 Å². The third-order valence-electron chi connectivity index (χ3n) is 2.68. The summed E-state index contributed by atoms with van der Waals surface area (Å²) in [6.45, 7) is 0. The molecule has 0 aliphatic carbocycles. The van der Waals surface area contributed by atoms with Crippen molar-refractivity contribution < 1.29 is 14.3 Å². The Morgan fingerprint density at radius 3 is 2.29 bits per heavy atom. The zero-order valence-corrected chi connectivity index (χ0v) is 11.6. The molecule has 0 aromatic heterocycles. The predicted molar refractivity (Wildman–Crippen MR) is 76.1 cm³/mol. The molecular weight excluding hydrogens is 273 g/mol. The molecule has 2 aromatic rings. The molecule has 2 aromatic carbocycles. The van der Waals surface area contributed by atoms with E-state index in [1.165, 1.54) is 6.07 Å². The van der Waals surface area contributed by atoms with Crippen LogP contribution in [0.2, 0.25) is 0 Å². The first-order chi connectivity index (χ1) is 9.97. The van der Waals surface area contributed by atoms with Gasteiger partial charge in [-0.25, -0.2) is 4.39 Å². The van der Waals surface area contributed by atoms with Crippen molar-refractivity contribution >= 4 is 11.5 Å². The molecule has 0 amide bonds. The second kappa shape index (κ2) is 6.13. The number of hydrogen-bond donors (Lipinski definition) is 1. The van der Waals surface area contributed by atoms with Gasteiger partial charge in [-0.2, -0.15) is 0 Å². The maximum atomic E-state index is 13.3. The molecule has 0 fully saturated rings. The summed E-state index contributed by atoms with van der Waals surface area (Å²) in [5.41, 5.74) is 1.19. The van der Waals surface area contributed by atoms with E-state index in [2.05, 4.69) is 10.3 Å². The summed E-state index contributed by atoms with van der Waals surface area (Å²) in [6.07, 6.45) is 0. The zero-order valence-electron chi connectivity index (χ0n) is 11.6. The second-order valence-electron chi connectivity index (χ2n) is 4.58. The van der Waals surface area contributed by atoms with Crippen LogP contribution in [0.5, 0.6) is 5.75 Å². The fourth-order valence-electron chi connectivity index (χ4n) is 1.64. The first-order valence-electron chi connectivity index (χ1n) is 6.19. The van der Waals surface area contributed by atoms with Crippen LogP contribution in [0.4, 0.5) is 10.1 Å². The Hall–Kier alpha value is -2.76. The molecule has 1 N–H and O–H groups in total. The standard InChI is InChI=1S/C15H14FN3O2/c1-19(2)18-17-12-6-3-10(4-7-12)15(21)11-5-8-14(20)13(16)9-11/h3-9,20H,1-2H3. The van der Waals surface area contributed by atoms with E-state index in [0.717, 1.165) is 12.1 Å². The van der Waals surface area contributed by atoms with Crippen LogP contribution in [0.1, 0.15) is 15.9 Å². The molecule has 0 heterocycles. The molecule has 21 heavy (non-hydrogen) atoms. The lowest BCUT2D eigenvalue weighted by atomic mass is 10.0. The van der Waals surface area contributed by atoms with Crippen LogP contribution in [0.25, 0.3) is 0 Å². The van der Waals surface area contributed by atoms with E-state index in [4.69, 9.17) is 5.11 Å². The molecule has 0 aliphatic rings. The van der Waals surface area contributed by atoms with Crippen molar-refractivity contribution in [3.05, 3.63) is 59.4 Å². The number of nitrogens with zero attached hydrogens (tertiary/aromatic N) is 3. The Balaban J connectivity index is 2.21.